The number of fused-ring (bicyclic) bond motifs is 5. The van der Waals surface area contributed by atoms with Gasteiger partial charge >= 0.3 is 6.01 Å². The molecule has 0 radical (unpaired) electrons. The number of phenols is 1. The van der Waals surface area contributed by atoms with Gasteiger partial charge in [-0.05, 0) is 56.2 Å². The zero-order valence-electron chi connectivity index (χ0n) is 24.9. The smallest absolute Gasteiger partial charge is 0.318 e. The van der Waals surface area contributed by atoms with E-state index in [0.717, 1.165) is 24.9 Å². The monoisotopic (exact) mass is 635 g/mol. The highest BCUT2D eigenvalue weighted by atomic mass is 32.2. The third kappa shape index (κ3) is 4.61. The quantitative estimate of drug-likeness (QED) is 0.421. The van der Waals surface area contributed by atoms with Crippen LogP contribution in [0.4, 0.5) is 20.3 Å². The first-order chi connectivity index (χ1) is 21.6. The molecule has 4 saturated heterocycles. The van der Waals surface area contributed by atoms with Crippen molar-refractivity contribution in [3.05, 3.63) is 46.9 Å². The highest BCUT2D eigenvalue weighted by molar-refractivity contribution is 7.93. The molecule has 0 amide bonds. The van der Waals surface area contributed by atoms with Gasteiger partial charge in [-0.15, -0.1) is 6.42 Å². The molecule has 3 aromatic rings. The van der Waals surface area contributed by atoms with Gasteiger partial charge in [0.25, 0.3) is 0 Å². The molecule has 5 aliphatic heterocycles. The Balaban J connectivity index is 1.18. The fourth-order valence-corrected chi connectivity index (χ4v) is 10.7. The van der Waals surface area contributed by atoms with Crippen LogP contribution in [0.15, 0.2) is 24.3 Å². The molecule has 236 valence electrons. The first-order valence-electron chi connectivity index (χ1n) is 15.7. The van der Waals surface area contributed by atoms with Crippen LogP contribution in [-0.4, -0.2) is 89.9 Å². The van der Waals surface area contributed by atoms with Gasteiger partial charge in [0.1, 0.15) is 30.2 Å². The zero-order chi connectivity index (χ0) is 31.1. The second-order valence-electron chi connectivity index (χ2n) is 13.2. The average Bonchev–Trinajstić information content (AvgIpc) is 3.55. The molecule has 1 aromatic heterocycles. The van der Waals surface area contributed by atoms with Crippen molar-refractivity contribution in [3.63, 3.8) is 0 Å². The lowest BCUT2D eigenvalue weighted by atomic mass is 9.95. The minimum absolute atomic E-state index is 0.0402. The molecule has 0 aliphatic carbocycles. The number of rotatable bonds is 5. The van der Waals surface area contributed by atoms with Gasteiger partial charge < -0.3 is 19.6 Å². The van der Waals surface area contributed by atoms with Crippen LogP contribution in [0.5, 0.6) is 11.8 Å². The lowest BCUT2D eigenvalue weighted by molar-refractivity contribution is 0.107. The number of anilines is 2. The molecule has 2 bridgehead atoms. The van der Waals surface area contributed by atoms with E-state index in [1.54, 1.807) is 18.2 Å². The number of ether oxygens (including phenoxy) is 1. The predicted molar refractivity (Wildman–Crippen MR) is 167 cm³/mol. The van der Waals surface area contributed by atoms with E-state index in [2.05, 4.69) is 15.7 Å². The van der Waals surface area contributed by atoms with Gasteiger partial charge in [0.05, 0.1) is 33.8 Å². The van der Waals surface area contributed by atoms with E-state index >= 15 is 0 Å². The topological polar surface area (TPSA) is 99.1 Å². The molecule has 2 unspecified atom stereocenters. The first kappa shape index (κ1) is 28.8. The van der Waals surface area contributed by atoms with Crippen molar-refractivity contribution in [2.24, 2.45) is 0 Å². The van der Waals surface area contributed by atoms with E-state index in [1.807, 2.05) is 4.90 Å². The van der Waals surface area contributed by atoms with E-state index in [0.29, 0.717) is 86.4 Å². The summed E-state index contributed by atoms with van der Waals surface area (Å²) in [6, 6.07) is 6.27. The normalized spacial score (nSPS) is 28.7. The van der Waals surface area contributed by atoms with Gasteiger partial charge in [0.15, 0.2) is 9.84 Å². The van der Waals surface area contributed by atoms with Crippen molar-refractivity contribution in [2.75, 3.05) is 49.1 Å². The number of sulfone groups is 1. The van der Waals surface area contributed by atoms with Crippen molar-refractivity contribution in [1.29, 1.82) is 0 Å². The van der Waals surface area contributed by atoms with E-state index in [4.69, 9.17) is 21.1 Å². The number of hydrogen-bond acceptors (Lipinski definition) is 9. The lowest BCUT2D eigenvalue weighted by Crippen LogP contribution is -2.48. The number of phenolic OH excluding ortho intramolecular Hbond substituents is 1. The molecule has 4 fully saturated rings. The average molecular weight is 636 g/mol. The fourth-order valence-electron chi connectivity index (χ4n) is 8.46. The molecular formula is C33H35F2N5O4S. The van der Waals surface area contributed by atoms with Crippen LogP contribution in [0.3, 0.4) is 0 Å². The molecule has 1 N–H and O–H groups in total. The number of alkyl halides is 1. The Hall–Kier alpha value is -3.69. The number of nitrogens with zero attached hydrogens (tertiary/aromatic N) is 5. The minimum Gasteiger partial charge on any atom is -0.508 e. The van der Waals surface area contributed by atoms with Crippen molar-refractivity contribution in [3.8, 4) is 24.1 Å². The maximum absolute atomic E-state index is 14.8. The summed E-state index contributed by atoms with van der Waals surface area (Å²) in [6.45, 7) is 3.12. The van der Waals surface area contributed by atoms with Gasteiger partial charge in [0.2, 0.25) is 0 Å². The second kappa shape index (κ2) is 10.4. The summed E-state index contributed by atoms with van der Waals surface area (Å²) in [4.78, 5) is 16.1. The Morgan fingerprint density at radius 1 is 1.11 bits per heavy atom. The maximum atomic E-state index is 14.8. The second-order valence-corrected chi connectivity index (χ2v) is 15.7. The SMILES string of the molecule is C#Cc1c(F)ccc2cc(O)cc(N3CCc4c(nc(OC[C@@]56CCCN5C[C@H](F)C6)nc4N4CC5CCC(C4)S5(=O)=O)C3)c12. The van der Waals surface area contributed by atoms with Crippen molar-refractivity contribution < 1.29 is 27.0 Å². The first-order valence-corrected chi connectivity index (χ1v) is 17.3. The molecule has 4 atom stereocenters. The summed E-state index contributed by atoms with van der Waals surface area (Å²) in [6.07, 6.45) is 8.96. The van der Waals surface area contributed by atoms with Crippen LogP contribution in [0.2, 0.25) is 0 Å². The van der Waals surface area contributed by atoms with Crippen LogP contribution in [-0.2, 0) is 22.8 Å². The van der Waals surface area contributed by atoms with Crippen LogP contribution < -0.4 is 14.5 Å². The number of aromatic hydroxyl groups is 1. The molecule has 2 aromatic carbocycles. The number of halogens is 2. The van der Waals surface area contributed by atoms with Gasteiger partial charge in [-0.25, -0.2) is 17.2 Å². The highest BCUT2D eigenvalue weighted by Gasteiger charge is 2.50. The van der Waals surface area contributed by atoms with Crippen molar-refractivity contribution >= 4 is 32.1 Å². The van der Waals surface area contributed by atoms with Crippen molar-refractivity contribution in [1.82, 2.24) is 14.9 Å². The van der Waals surface area contributed by atoms with Crippen LogP contribution >= 0.6 is 0 Å². The molecule has 5 aliphatic rings. The summed E-state index contributed by atoms with van der Waals surface area (Å²) < 4.78 is 61.5. The van der Waals surface area contributed by atoms with Gasteiger partial charge in [-0.3, -0.25) is 4.90 Å². The lowest BCUT2D eigenvalue weighted by Gasteiger charge is -2.37. The molecule has 12 heteroatoms. The molecule has 8 rings (SSSR count). The molecule has 0 saturated carbocycles. The Morgan fingerprint density at radius 3 is 2.69 bits per heavy atom. The Morgan fingerprint density at radius 2 is 1.91 bits per heavy atom. The Labute approximate surface area is 261 Å². The minimum atomic E-state index is -3.15. The van der Waals surface area contributed by atoms with Crippen molar-refractivity contribution in [2.45, 2.75) is 67.3 Å². The van der Waals surface area contributed by atoms with Gasteiger partial charge in [0, 0.05) is 55.3 Å². The van der Waals surface area contributed by atoms with E-state index in [-0.39, 0.29) is 29.5 Å². The molecule has 6 heterocycles. The third-order valence-corrected chi connectivity index (χ3v) is 13.3. The molecule has 45 heavy (non-hydrogen) atoms. The molecule has 0 spiro atoms. The predicted octanol–water partition coefficient (Wildman–Crippen LogP) is 3.74. The van der Waals surface area contributed by atoms with E-state index < -0.39 is 32.3 Å². The Bertz CT molecular complexity index is 1850. The number of benzene rings is 2. The van der Waals surface area contributed by atoms with Crippen LogP contribution in [0.1, 0.15) is 48.9 Å². The van der Waals surface area contributed by atoms with Gasteiger partial charge in [-0.2, -0.15) is 9.97 Å². The number of terminal acetylenes is 1. The fraction of sp³-hybridized carbons (Fsp3) is 0.515. The number of hydrogen-bond donors (Lipinski definition) is 1. The summed E-state index contributed by atoms with van der Waals surface area (Å²) in [5.41, 5.74) is 2.00. The Kier molecular flexibility index (Phi) is 6.66. The maximum Gasteiger partial charge on any atom is 0.318 e. The van der Waals surface area contributed by atoms with Gasteiger partial charge in [-0.1, -0.05) is 12.0 Å². The summed E-state index contributed by atoms with van der Waals surface area (Å²) in [5.74, 6) is 2.71. The summed E-state index contributed by atoms with van der Waals surface area (Å²) in [5, 5.41) is 10.9. The van der Waals surface area contributed by atoms with E-state index in [9.17, 15) is 22.3 Å². The number of aromatic nitrogens is 2. The standard InChI is InChI=1S/C33H35F2N5O4S/c1-2-25-27(35)7-4-20-12-22(41)13-29(30(20)25)38-11-8-26-28(18-38)36-32(44-19-33-9-3-10-40(33)15-21(34)14-33)37-31(26)39-16-23-5-6-24(17-39)45(23,42)43/h1,4,7,12-13,21,23-24,41H,3,5-6,8-11,14-19H2/t21-,23?,24?,33+/m1/s1. The molecule has 9 nitrogen and oxygen atoms in total. The third-order valence-electron chi connectivity index (χ3n) is 10.7. The molecular weight excluding hydrogens is 600 g/mol. The summed E-state index contributed by atoms with van der Waals surface area (Å²) >= 11 is 0. The zero-order valence-corrected chi connectivity index (χ0v) is 25.7. The van der Waals surface area contributed by atoms with Crippen LogP contribution in [0.25, 0.3) is 10.8 Å². The summed E-state index contributed by atoms with van der Waals surface area (Å²) in [7, 11) is -3.15. The van der Waals surface area contributed by atoms with E-state index in [1.165, 1.54) is 6.07 Å². The largest absolute Gasteiger partial charge is 0.508 e. The highest BCUT2D eigenvalue weighted by Crippen LogP contribution is 2.42. The van der Waals surface area contributed by atoms with Crippen LogP contribution in [0, 0.1) is 18.2 Å².